The van der Waals surface area contributed by atoms with E-state index < -0.39 is 5.97 Å². The summed E-state index contributed by atoms with van der Waals surface area (Å²) in [6.45, 7) is 2.20. The molecule has 0 spiro atoms. The van der Waals surface area contributed by atoms with E-state index in [9.17, 15) is 9.90 Å². The van der Waals surface area contributed by atoms with Crippen LogP contribution in [-0.4, -0.2) is 16.2 Å². The van der Waals surface area contributed by atoms with Gasteiger partial charge in [0.2, 0.25) is 0 Å². The first-order valence-corrected chi connectivity index (χ1v) is 13.1. The first-order valence-electron chi connectivity index (χ1n) is 11.4. The highest BCUT2D eigenvalue weighted by atomic mass is 79.9. The number of unbranched alkanes of at least 4 members (excludes halogenated alkanes) is 3. The molecule has 3 nitrogen and oxygen atoms in total. The van der Waals surface area contributed by atoms with Gasteiger partial charge >= 0.3 is 5.97 Å². The highest BCUT2D eigenvalue weighted by Gasteiger charge is 2.29. The van der Waals surface area contributed by atoms with Gasteiger partial charge in [-0.3, -0.25) is 0 Å². The lowest BCUT2D eigenvalue weighted by Gasteiger charge is -2.22. The average Bonchev–Trinajstić information content (AvgIpc) is 3.38. The summed E-state index contributed by atoms with van der Waals surface area (Å²) in [6, 6.07) is 12.2. The standard InChI is InChI=1S/C26H33BrO3S/c1-2-3-4-5-9-23(28)18-10-12-20(13-11-18)25-19(14-16-22(25)27)7-6-8-21-15-17-24(31-21)26(29)30/h10-13,15-17,19,23,25,28H,2-9,14H2,1H3,(H,29,30)/t19-,23?,25?/m0/s1. The number of halogens is 1. The van der Waals surface area contributed by atoms with Gasteiger partial charge in [-0.05, 0) is 65.8 Å². The number of carboxylic acid groups (broad SMARTS) is 1. The highest BCUT2D eigenvalue weighted by molar-refractivity contribution is 9.11. The summed E-state index contributed by atoms with van der Waals surface area (Å²) in [5.74, 6) is 0.0847. The molecule has 0 aliphatic heterocycles. The van der Waals surface area contributed by atoms with E-state index in [1.807, 2.05) is 6.07 Å². The molecule has 2 unspecified atom stereocenters. The number of carboxylic acids is 1. The second-order valence-electron chi connectivity index (χ2n) is 8.56. The smallest absolute Gasteiger partial charge is 0.345 e. The number of carbonyl (C=O) groups is 1. The van der Waals surface area contributed by atoms with Crippen LogP contribution in [0.25, 0.3) is 0 Å². The van der Waals surface area contributed by atoms with Crippen molar-refractivity contribution in [3.05, 3.63) is 67.8 Å². The van der Waals surface area contributed by atoms with Crippen LogP contribution in [0.1, 0.15) is 96.0 Å². The van der Waals surface area contributed by atoms with Crippen LogP contribution >= 0.6 is 27.3 Å². The van der Waals surface area contributed by atoms with Crippen molar-refractivity contribution in [1.29, 1.82) is 0 Å². The monoisotopic (exact) mass is 504 g/mol. The molecule has 1 heterocycles. The number of aryl methyl sites for hydroxylation is 1. The Kier molecular flexibility index (Phi) is 9.36. The summed E-state index contributed by atoms with van der Waals surface area (Å²) < 4.78 is 1.26. The van der Waals surface area contributed by atoms with Gasteiger partial charge in [-0.25, -0.2) is 4.79 Å². The molecular weight excluding hydrogens is 472 g/mol. The van der Waals surface area contributed by atoms with Crippen LogP contribution in [-0.2, 0) is 6.42 Å². The molecule has 0 fully saturated rings. The van der Waals surface area contributed by atoms with Gasteiger partial charge in [-0.1, -0.05) is 78.9 Å². The molecule has 0 radical (unpaired) electrons. The maximum absolute atomic E-state index is 11.1. The van der Waals surface area contributed by atoms with E-state index in [4.69, 9.17) is 5.11 Å². The fraction of sp³-hybridized carbons (Fsp3) is 0.500. The fourth-order valence-corrected chi connectivity index (χ4v) is 6.20. The number of aliphatic hydroxyl groups excluding tert-OH is 1. The Bertz CT molecular complexity index is 871. The van der Waals surface area contributed by atoms with Gasteiger partial charge in [0.15, 0.2) is 0 Å². The summed E-state index contributed by atoms with van der Waals surface area (Å²) in [5.41, 5.74) is 2.32. The second-order valence-corrected chi connectivity index (χ2v) is 10.6. The number of benzene rings is 1. The lowest BCUT2D eigenvalue weighted by molar-refractivity contribution is 0.0702. The van der Waals surface area contributed by atoms with Crippen molar-refractivity contribution in [1.82, 2.24) is 0 Å². The van der Waals surface area contributed by atoms with Crippen molar-refractivity contribution in [2.75, 3.05) is 0 Å². The van der Waals surface area contributed by atoms with Crippen LogP contribution in [0.15, 0.2) is 47.0 Å². The maximum Gasteiger partial charge on any atom is 0.345 e. The zero-order valence-electron chi connectivity index (χ0n) is 18.2. The first-order chi connectivity index (χ1) is 15.0. The molecule has 1 aromatic heterocycles. The summed E-state index contributed by atoms with van der Waals surface area (Å²) in [5, 5.41) is 19.6. The quantitative estimate of drug-likeness (QED) is 0.289. The van der Waals surface area contributed by atoms with E-state index in [1.54, 1.807) is 6.07 Å². The van der Waals surface area contributed by atoms with Gasteiger partial charge in [-0.15, -0.1) is 11.3 Å². The molecule has 3 atom stereocenters. The maximum atomic E-state index is 11.1. The molecular formula is C26H33BrO3S. The summed E-state index contributed by atoms with van der Waals surface area (Å²) >= 11 is 5.17. The number of allylic oxidation sites excluding steroid dienone is 2. The number of thiophene rings is 1. The van der Waals surface area contributed by atoms with Crippen LogP contribution in [0.3, 0.4) is 0 Å². The lowest BCUT2D eigenvalue weighted by atomic mass is 9.84. The molecule has 0 amide bonds. The Morgan fingerprint density at radius 2 is 1.90 bits per heavy atom. The molecule has 0 saturated heterocycles. The Labute approximate surface area is 198 Å². The molecule has 0 saturated carbocycles. The topological polar surface area (TPSA) is 57.5 Å². The summed E-state index contributed by atoms with van der Waals surface area (Å²) in [4.78, 5) is 12.6. The normalized spacial score (nSPS) is 19.4. The number of rotatable bonds is 12. The minimum Gasteiger partial charge on any atom is -0.477 e. The van der Waals surface area contributed by atoms with Crippen LogP contribution in [0.4, 0.5) is 0 Å². The van der Waals surface area contributed by atoms with Crippen LogP contribution in [0.2, 0.25) is 0 Å². The number of hydrogen-bond donors (Lipinski definition) is 2. The van der Waals surface area contributed by atoms with Crippen LogP contribution < -0.4 is 0 Å². The van der Waals surface area contributed by atoms with Gasteiger partial charge in [0, 0.05) is 10.8 Å². The predicted octanol–water partition coefficient (Wildman–Crippen LogP) is 7.86. The molecule has 31 heavy (non-hydrogen) atoms. The minimum absolute atomic E-state index is 0.369. The predicted molar refractivity (Wildman–Crippen MR) is 132 cm³/mol. The van der Waals surface area contributed by atoms with Gasteiger partial charge in [0.25, 0.3) is 0 Å². The Hall–Kier alpha value is -1.43. The molecule has 3 rings (SSSR count). The van der Waals surface area contributed by atoms with Crippen molar-refractivity contribution in [2.24, 2.45) is 5.92 Å². The van der Waals surface area contributed by atoms with Crippen LogP contribution in [0, 0.1) is 5.92 Å². The van der Waals surface area contributed by atoms with Gasteiger partial charge in [0.1, 0.15) is 4.88 Å². The molecule has 1 aliphatic carbocycles. The second kappa shape index (κ2) is 12.0. The van der Waals surface area contributed by atoms with Crippen molar-refractivity contribution in [2.45, 2.75) is 76.7 Å². The Morgan fingerprint density at radius 1 is 1.13 bits per heavy atom. The SMILES string of the molecule is CCCCCCC(O)c1ccc(C2C(Br)=CC[C@@H]2CCCc2ccc(C(=O)O)s2)cc1. The van der Waals surface area contributed by atoms with Gasteiger partial charge in [-0.2, -0.15) is 0 Å². The van der Waals surface area contributed by atoms with E-state index in [0.29, 0.717) is 16.7 Å². The third-order valence-electron chi connectivity index (χ3n) is 6.27. The van der Waals surface area contributed by atoms with Crippen molar-refractivity contribution in [3.8, 4) is 0 Å². The lowest BCUT2D eigenvalue weighted by Crippen LogP contribution is -2.09. The van der Waals surface area contributed by atoms with E-state index >= 15 is 0 Å². The van der Waals surface area contributed by atoms with Crippen molar-refractivity contribution < 1.29 is 15.0 Å². The summed E-state index contributed by atoms with van der Waals surface area (Å²) in [6.07, 6.45) is 11.6. The zero-order valence-corrected chi connectivity index (χ0v) is 20.6. The largest absolute Gasteiger partial charge is 0.477 e. The molecule has 5 heteroatoms. The highest BCUT2D eigenvalue weighted by Crippen LogP contribution is 2.45. The Balaban J connectivity index is 1.54. The van der Waals surface area contributed by atoms with E-state index in [1.165, 1.54) is 40.6 Å². The first kappa shape index (κ1) is 24.2. The summed E-state index contributed by atoms with van der Waals surface area (Å²) in [7, 11) is 0. The average molecular weight is 506 g/mol. The Morgan fingerprint density at radius 3 is 2.58 bits per heavy atom. The molecule has 0 bridgehead atoms. The van der Waals surface area contributed by atoms with Crippen LogP contribution in [0.5, 0.6) is 0 Å². The van der Waals surface area contributed by atoms with Gasteiger partial charge in [0.05, 0.1) is 6.10 Å². The molecule has 1 aromatic carbocycles. The third-order valence-corrected chi connectivity index (χ3v) is 8.22. The van der Waals surface area contributed by atoms with E-state index in [2.05, 4.69) is 53.2 Å². The van der Waals surface area contributed by atoms with Gasteiger partial charge < -0.3 is 10.2 Å². The fourth-order valence-electron chi connectivity index (χ4n) is 4.49. The molecule has 168 valence electrons. The van der Waals surface area contributed by atoms with E-state index in [0.717, 1.165) is 49.0 Å². The third kappa shape index (κ3) is 6.77. The number of aromatic carboxylic acids is 1. The van der Waals surface area contributed by atoms with Crippen molar-refractivity contribution >= 4 is 33.2 Å². The number of aliphatic hydroxyl groups is 1. The van der Waals surface area contributed by atoms with E-state index in [-0.39, 0.29) is 6.10 Å². The molecule has 2 aromatic rings. The number of hydrogen-bond acceptors (Lipinski definition) is 3. The van der Waals surface area contributed by atoms with Crippen molar-refractivity contribution in [3.63, 3.8) is 0 Å². The molecule has 2 N–H and O–H groups in total. The zero-order chi connectivity index (χ0) is 22.2. The minimum atomic E-state index is -0.838. The molecule has 1 aliphatic rings.